The number of ether oxygens (including phenoxy) is 2. The number of amides is 2. The van der Waals surface area contributed by atoms with Crippen LogP contribution in [0.15, 0.2) is 22.7 Å². The van der Waals surface area contributed by atoms with Crippen molar-refractivity contribution in [3.05, 3.63) is 29.7 Å². The fraction of sp³-hybridized carbons (Fsp3) is 0.611. The molecule has 3 aliphatic heterocycles. The van der Waals surface area contributed by atoms with E-state index in [0.29, 0.717) is 37.7 Å². The zero-order valence-corrected chi connectivity index (χ0v) is 15.2. The van der Waals surface area contributed by atoms with Crippen molar-refractivity contribution in [1.29, 1.82) is 0 Å². The smallest absolute Gasteiger partial charge is 0.230 e. The lowest BCUT2D eigenvalue weighted by atomic mass is 9.76. The average molecular weight is 361 g/mol. The Morgan fingerprint density at radius 3 is 3.04 bits per heavy atom. The Kier molecular flexibility index (Phi) is 4.11. The quantitative estimate of drug-likeness (QED) is 0.681. The van der Waals surface area contributed by atoms with E-state index in [1.165, 1.54) is 0 Å². The minimum Gasteiger partial charge on any atom is -0.383 e. The minimum atomic E-state index is -0.679. The Morgan fingerprint density at radius 1 is 1.54 bits per heavy atom. The second-order valence-corrected chi connectivity index (χ2v) is 7.28. The third-order valence-electron chi connectivity index (χ3n) is 5.48. The van der Waals surface area contributed by atoms with Gasteiger partial charge >= 0.3 is 0 Å². The molecule has 26 heavy (non-hydrogen) atoms. The van der Waals surface area contributed by atoms with Gasteiger partial charge < -0.3 is 23.8 Å². The Hall–Kier alpha value is -2.19. The molecule has 2 saturated heterocycles. The molecule has 4 heterocycles. The zero-order valence-electron chi connectivity index (χ0n) is 15.2. The molecule has 2 fully saturated rings. The van der Waals surface area contributed by atoms with E-state index < -0.39 is 17.4 Å². The molecule has 2 bridgehead atoms. The van der Waals surface area contributed by atoms with Gasteiger partial charge in [-0.2, -0.15) is 0 Å². The monoisotopic (exact) mass is 361 g/mol. The summed E-state index contributed by atoms with van der Waals surface area (Å²) in [5.41, 5.74) is 0.00775. The molecule has 0 unspecified atom stereocenters. The molecule has 0 N–H and O–H groups in total. The van der Waals surface area contributed by atoms with Gasteiger partial charge in [0.2, 0.25) is 11.8 Å². The van der Waals surface area contributed by atoms with Crippen LogP contribution in [0.2, 0.25) is 0 Å². The molecule has 0 saturated carbocycles. The Labute approximate surface area is 151 Å². The van der Waals surface area contributed by atoms with Gasteiger partial charge in [-0.05, 0) is 6.92 Å². The SMILES string of the molecule is COCCN1C[C@]23C=C[C@H](O2)[C@H](C(=O)N(C)Cc2cc(C)on2)[C@H]3C1=O. The van der Waals surface area contributed by atoms with E-state index in [9.17, 15) is 9.59 Å². The van der Waals surface area contributed by atoms with Crippen molar-refractivity contribution in [3.63, 3.8) is 0 Å². The summed E-state index contributed by atoms with van der Waals surface area (Å²) in [6.07, 6.45) is 3.53. The molecular formula is C18H23N3O5. The van der Waals surface area contributed by atoms with Crippen molar-refractivity contribution in [2.75, 3.05) is 33.9 Å². The molecule has 8 nitrogen and oxygen atoms in total. The zero-order chi connectivity index (χ0) is 18.5. The summed E-state index contributed by atoms with van der Waals surface area (Å²) in [6.45, 7) is 3.59. The van der Waals surface area contributed by atoms with Crippen LogP contribution >= 0.6 is 0 Å². The number of carbonyl (C=O) groups is 2. The molecule has 3 aliphatic rings. The molecule has 4 atom stereocenters. The molecule has 8 heteroatoms. The van der Waals surface area contributed by atoms with Crippen LogP contribution in [0, 0.1) is 18.8 Å². The number of nitrogens with zero attached hydrogens (tertiary/aromatic N) is 3. The van der Waals surface area contributed by atoms with Crippen LogP contribution in [-0.2, 0) is 25.6 Å². The second kappa shape index (κ2) is 6.21. The van der Waals surface area contributed by atoms with E-state index in [-0.39, 0.29) is 17.9 Å². The van der Waals surface area contributed by atoms with E-state index in [1.807, 2.05) is 19.1 Å². The minimum absolute atomic E-state index is 0.0297. The van der Waals surface area contributed by atoms with Gasteiger partial charge in [-0.15, -0.1) is 0 Å². The van der Waals surface area contributed by atoms with Gasteiger partial charge in [0.1, 0.15) is 17.1 Å². The third kappa shape index (κ3) is 2.55. The lowest BCUT2D eigenvalue weighted by Crippen LogP contribution is -2.44. The number of hydrogen-bond acceptors (Lipinski definition) is 6. The summed E-state index contributed by atoms with van der Waals surface area (Å²) < 4.78 is 16.3. The number of rotatable bonds is 6. The van der Waals surface area contributed by atoms with Crippen molar-refractivity contribution in [2.45, 2.75) is 25.2 Å². The first-order valence-corrected chi connectivity index (χ1v) is 8.77. The number of likely N-dealkylation sites (tertiary alicyclic amines) is 1. The van der Waals surface area contributed by atoms with Crippen LogP contribution in [0.3, 0.4) is 0 Å². The lowest BCUT2D eigenvalue weighted by molar-refractivity contribution is -0.142. The van der Waals surface area contributed by atoms with Crippen LogP contribution in [0.5, 0.6) is 0 Å². The fourth-order valence-corrected chi connectivity index (χ4v) is 4.32. The van der Waals surface area contributed by atoms with E-state index >= 15 is 0 Å². The maximum Gasteiger partial charge on any atom is 0.230 e. The fourth-order valence-electron chi connectivity index (χ4n) is 4.32. The lowest BCUT2D eigenvalue weighted by Gasteiger charge is -2.27. The molecule has 1 aromatic rings. The topological polar surface area (TPSA) is 85.1 Å². The van der Waals surface area contributed by atoms with Crippen LogP contribution in [-0.4, -0.2) is 72.3 Å². The number of fused-ring (bicyclic) bond motifs is 1. The predicted molar refractivity (Wildman–Crippen MR) is 89.9 cm³/mol. The molecular weight excluding hydrogens is 338 g/mol. The van der Waals surface area contributed by atoms with Crippen molar-refractivity contribution < 1.29 is 23.6 Å². The van der Waals surface area contributed by atoms with Gasteiger partial charge in [-0.25, -0.2) is 0 Å². The van der Waals surface area contributed by atoms with Gasteiger partial charge in [0.05, 0.1) is 37.6 Å². The van der Waals surface area contributed by atoms with Gasteiger partial charge in [-0.3, -0.25) is 9.59 Å². The normalized spacial score (nSPS) is 31.7. The van der Waals surface area contributed by atoms with Crippen LogP contribution < -0.4 is 0 Å². The molecule has 2 amide bonds. The molecule has 0 radical (unpaired) electrons. The van der Waals surface area contributed by atoms with E-state index in [4.69, 9.17) is 14.0 Å². The summed E-state index contributed by atoms with van der Waals surface area (Å²) in [4.78, 5) is 29.4. The largest absolute Gasteiger partial charge is 0.383 e. The van der Waals surface area contributed by atoms with Crippen LogP contribution in [0.1, 0.15) is 11.5 Å². The third-order valence-corrected chi connectivity index (χ3v) is 5.48. The predicted octanol–water partition coefficient (Wildman–Crippen LogP) is 0.370. The van der Waals surface area contributed by atoms with Crippen LogP contribution in [0.4, 0.5) is 0 Å². The molecule has 0 aromatic carbocycles. The molecule has 140 valence electrons. The maximum absolute atomic E-state index is 13.1. The highest BCUT2D eigenvalue weighted by atomic mass is 16.5. The first-order chi connectivity index (χ1) is 12.4. The van der Waals surface area contributed by atoms with Crippen molar-refractivity contribution in [3.8, 4) is 0 Å². The van der Waals surface area contributed by atoms with Crippen LogP contribution in [0.25, 0.3) is 0 Å². The summed E-state index contributed by atoms with van der Waals surface area (Å²) in [6, 6.07) is 1.80. The summed E-state index contributed by atoms with van der Waals surface area (Å²) >= 11 is 0. The summed E-state index contributed by atoms with van der Waals surface area (Å²) in [5.74, 6) is -0.404. The highest BCUT2D eigenvalue weighted by Crippen LogP contribution is 2.52. The first kappa shape index (κ1) is 17.2. The first-order valence-electron chi connectivity index (χ1n) is 8.77. The van der Waals surface area contributed by atoms with Gasteiger partial charge in [0.25, 0.3) is 0 Å². The van der Waals surface area contributed by atoms with Gasteiger partial charge in [-0.1, -0.05) is 17.3 Å². The van der Waals surface area contributed by atoms with E-state index in [0.717, 1.165) is 0 Å². The molecule has 1 spiro atoms. The van der Waals surface area contributed by atoms with Crippen molar-refractivity contribution >= 4 is 11.8 Å². The Morgan fingerprint density at radius 2 is 2.35 bits per heavy atom. The molecule has 0 aliphatic carbocycles. The number of aryl methyl sites for hydroxylation is 1. The molecule has 4 rings (SSSR count). The summed E-state index contributed by atoms with van der Waals surface area (Å²) in [5, 5.41) is 3.94. The van der Waals surface area contributed by atoms with Gasteiger partial charge in [0, 0.05) is 26.8 Å². The highest BCUT2D eigenvalue weighted by molar-refractivity contribution is 5.93. The summed E-state index contributed by atoms with van der Waals surface area (Å²) in [7, 11) is 3.32. The molecule has 1 aromatic heterocycles. The van der Waals surface area contributed by atoms with Gasteiger partial charge in [0.15, 0.2) is 0 Å². The van der Waals surface area contributed by atoms with E-state index in [2.05, 4.69) is 5.16 Å². The maximum atomic E-state index is 13.1. The Balaban J connectivity index is 1.52. The second-order valence-electron chi connectivity index (χ2n) is 7.28. The highest BCUT2D eigenvalue weighted by Gasteiger charge is 2.66. The van der Waals surface area contributed by atoms with E-state index in [1.54, 1.807) is 30.0 Å². The number of hydrogen-bond donors (Lipinski definition) is 0. The number of carbonyl (C=O) groups excluding carboxylic acids is 2. The number of methoxy groups -OCH3 is 1. The average Bonchev–Trinajstić information content (AvgIpc) is 3.34. The van der Waals surface area contributed by atoms with Crippen molar-refractivity contribution in [2.24, 2.45) is 11.8 Å². The van der Waals surface area contributed by atoms with Crippen molar-refractivity contribution in [1.82, 2.24) is 15.0 Å². The number of aromatic nitrogens is 1. The standard InChI is InChI=1S/C18H23N3O5/c1-11-8-12(19-26-11)9-20(2)16(22)14-13-4-5-18(25-13)10-21(6-7-24-3)17(23)15(14)18/h4-5,8,13-15H,6-7,9-10H2,1-3H3/t13-,14-,15-,18-/m0/s1. The Bertz CT molecular complexity index is 760.